The summed E-state index contributed by atoms with van der Waals surface area (Å²) in [5, 5.41) is 1.42. The Morgan fingerprint density at radius 3 is 3.00 bits per heavy atom. The van der Waals surface area contributed by atoms with E-state index in [9.17, 15) is 4.79 Å². The number of para-hydroxylation sites is 1. The summed E-state index contributed by atoms with van der Waals surface area (Å²) in [5.41, 5.74) is 0.724. The Morgan fingerprint density at radius 2 is 2.22 bits per heavy atom. The maximum absolute atomic E-state index is 11.9. The van der Waals surface area contributed by atoms with Gasteiger partial charge in [0.2, 0.25) is 5.78 Å². The summed E-state index contributed by atoms with van der Waals surface area (Å²) >= 11 is 1.25. The highest BCUT2D eigenvalue weighted by Gasteiger charge is 2.13. The summed E-state index contributed by atoms with van der Waals surface area (Å²) in [6.07, 6.45) is 3.03. The lowest BCUT2D eigenvalue weighted by Crippen LogP contribution is -2.00. The van der Waals surface area contributed by atoms with Crippen molar-refractivity contribution in [2.45, 2.75) is 5.22 Å². The number of fused-ring (bicyclic) bond motifs is 1. The highest BCUT2D eigenvalue weighted by Crippen LogP contribution is 2.22. The van der Waals surface area contributed by atoms with Gasteiger partial charge in [0.05, 0.1) is 11.9 Å². The fraction of sp³-hybridized carbons (Fsp3) is 0.0769. The second-order valence-electron chi connectivity index (χ2n) is 3.66. The Balaban J connectivity index is 1.75. The topological polar surface area (TPSA) is 56.2 Å². The molecular formula is C13H9NO3S. The van der Waals surface area contributed by atoms with Crippen LogP contribution in [0, 0.1) is 0 Å². The highest BCUT2D eigenvalue weighted by molar-refractivity contribution is 7.99. The third-order valence-electron chi connectivity index (χ3n) is 2.44. The lowest BCUT2D eigenvalue weighted by atomic mass is 10.2. The summed E-state index contributed by atoms with van der Waals surface area (Å²) < 4.78 is 10.5. The molecule has 0 aliphatic carbocycles. The van der Waals surface area contributed by atoms with Crippen LogP contribution in [0.4, 0.5) is 0 Å². The Hall–Kier alpha value is -2.01. The van der Waals surface area contributed by atoms with Crippen molar-refractivity contribution < 1.29 is 13.6 Å². The molecule has 0 saturated heterocycles. The number of carbonyl (C=O) groups excluding carboxylic acids is 1. The number of thioether (sulfide) groups is 1. The molecule has 5 heteroatoms. The van der Waals surface area contributed by atoms with Crippen molar-refractivity contribution in [3.8, 4) is 0 Å². The maximum atomic E-state index is 11.9. The van der Waals surface area contributed by atoms with Gasteiger partial charge in [0, 0.05) is 5.39 Å². The molecule has 0 atom stereocenters. The van der Waals surface area contributed by atoms with Gasteiger partial charge in [-0.25, -0.2) is 4.98 Å². The van der Waals surface area contributed by atoms with Gasteiger partial charge in [-0.2, -0.15) is 0 Å². The van der Waals surface area contributed by atoms with Crippen molar-refractivity contribution in [3.05, 3.63) is 48.6 Å². The van der Waals surface area contributed by atoms with E-state index in [0.29, 0.717) is 11.0 Å². The number of Topliss-reactive ketones (excluding diaryl/α,β-unsaturated/α-hetero) is 1. The van der Waals surface area contributed by atoms with E-state index in [0.717, 1.165) is 11.0 Å². The molecule has 0 unspecified atom stereocenters. The van der Waals surface area contributed by atoms with Gasteiger partial charge in [0.25, 0.3) is 5.22 Å². The minimum atomic E-state index is -0.0746. The van der Waals surface area contributed by atoms with Gasteiger partial charge in [0.1, 0.15) is 11.8 Å². The fourth-order valence-electron chi connectivity index (χ4n) is 1.60. The standard InChI is InChI=1S/C13H9NO3S/c15-10(8-18-13-14-5-6-16-13)12-7-9-3-1-2-4-11(9)17-12/h1-7H,8H2. The summed E-state index contributed by atoms with van der Waals surface area (Å²) in [7, 11) is 0. The SMILES string of the molecule is O=C(CSc1ncco1)c1cc2ccccc2o1. The van der Waals surface area contributed by atoms with Gasteiger partial charge in [-0.1, -0.05) is 30.0 Å². The highest BCUT2D eigenvalue weighted by atomic mass is 32.2. The smallest absolute Gasteiger partial charge is 0.255 e. The van der Waals surface area contributed by atoms with E-state index in [2.05, 4.69) is 4.98 Å². The van der Waals surface area contributed by atoms with Crippen LogP contribution in [-0.4, -0.2) is 16.5 Å². The van der Waals surface area contributed by atoms with Gasteiger partial charge >= 0.3 is 0 Å². The molecule has 0 spiro atoms. The molecule has 0 fully saturated rings. The molecule has 0 aliphatic rings. The van der Waals surface area contributed by atoms with E-state index in [1.807, 2.05) is 24.3 Å². The Morgan fingerprint density at radius 1 is 1.33 bits per heavy atom. The van der Waals surface area contributed by atoms with E-state index in [4.69, 9.17) is 8.83 Å². The van der Waals surface area contributed by atoms with Crippen LogP contribution >= 0.6 is 11.8 Å². The van der Waals surface area contributed by atoms with Crippen LogP contribution in [0.1, 0.15) is 10.6 Å². The van der Waals surface area contributed by atoms with Crippen LogP contribution in [-0.2, 0) is 0 Å². The monoisotopic (exact) mass is 259 g/mol. The molecule has 0 N–H and O–H groups in total. The van der Waals surface area contributed by atoms with Crippen molar-refractivity contribution in [1.82, 2.24) is 4.98 Å². The Labute approximate surface area is 107 Å². The van der Waals surface area contributed by atoms with Crippen LogP contribution < -0.4 is 0 Å². The predicted molar refractivity (Wildman–Crippen MR) is 67.8 cm³/mol. The van der Waals surface area contributed by atoms with Gasteiger partial charge < -0.3 is 8.83 Å². The summed E-state index contributed by atoms with van der Waals surface area (Å²) in [4.78, 5) is 15.9. The van der Waals surface area contributed by atoms with E-state index >= 15 is 0 Å². The zero-order chi connectivity index (χ0) is 12.4. The summed E-state index contributed by atoms with van der Waals surface area (Å²) in [5.74, 6) is 0.546. The first-order valence-corrected chi connectivity index (χ1v) is 6.35. The van der Waals surface area contributed by atoms with Crippen molar-refractivity contribution in [2.75, 3.05) is 5.75 Å². The molecule has 18 heavy (non-hydrogen) atoms. The first-order chi connectivity index (χ1) is 8.83. The van der Waals surface area contributed by atoms with Crippen molar-refractivity contribution in [2.24, 2.45) is 0 Å². The number of oxazole rings is 1. The quantitative estimate of drug-likeness (QED) is 0.531. The molecule has 3 aromatic rings. The number of carbonyl (C=O) groups is 1. The molecule has 1 aromatic carbocycles. The Bertz CT molecular complexity index is 639. The Kier molecular flexibility index (Phi) is 2.90. The number of nitrogens with zero attached hydrogens (tertiary/aromatic N) is 1. The van der Waals surface area contributed by atoms with Crippen LogP contribution in [0.3, 0.4) is 0 Å². The van der Waals surface area contributed by atoms with Crippen LogP contribution in [0.15, 0.2) is 56.8 Å². The zero-order valence-corrected chi connectivity index (χ0v) is 10.1. The average molecular weight is 259 g/mol. The van der Waals surface area contributed by atoms with Gasteiger partial charge in [-0.15, -0.1) is 0 Å². The number of aromatic nitrogens is 1. The minimum Gasteiger partial charge on any atom is -0.453 e. The van der Waals surface area contributed by atoms with E-state index in [1.54, 1.807) is 12.3 Å². The van der Waals surface area contributed by atoms with Crippen molar-refractivity contribution >= 4 is 28.5 Å². The number of hydrogen-bond donors (Lipinski definition) is 0. The lowest BCUT2D eigenvalue weighted by Gasteiger charge is -1.93. The third kappa shape index (κ3) is 2.17. The molecule has 0 saturated carbocycles. The predicted octanol–water partition coefficient (Wildman–Crippen LogP) is 3.40. The molecule has 0 bridgehead atoms. The minimum absolute atomic E-state index is 0.0746. The second kappa shape index (κ2) is 4.70. The fourth-order valence-corrected chi connectivity index (χ4v) is 2.26. The van der Waals surface area contributed by atoms with Crippen molar-refractivity contribution in [1.29, 1.82) is 0 Å². The number of hydrogen-bond acceptors (Lipinski definition) is 5. The molecule has 0 radical (unpaired) electrons. The van der Waals surface area contributed by atoms with Crippen LogP contribution in [0.5, 0.6) is 0 Å². The molecule has 2 aromatic heterocycles. The van der Waals surface area contributed by atoms with Gasteiger partial charge in [-0.05, 0) is 12.1 Å². The summed E-state index contributed by atoms with van der Waals surface area (Å²) in [6.45, 7) is 0. The number of ketones is 1. The molecule has 90 valence electrons. The number of benzene rings is 1. The summed E-state index contributed by atoms with van der Waals surface area (Å²) in [6, 6.07) is 9.30. The first-order valence-electron chi connectivity index (χ1n) is 5.37. The first kappa shape index (κ1) is 11.1. The lowest BCUT2D eigenvalue weighted by molar-refractivity contribution is 0.0994. The van der Waals surface area contributed by atoms with Crippen LogP contribution in [0.25, 0.3) is 11.0 Å². The molecule has 0 aliphatic heterocycles. The molecular weight excluding hydrogens is 250 g/mol. The van der Waals surface area contributed by atoms with Gasteiger partial charge in [-0.3, -0.25) is 4.79 Å². The maximum Gasteiger partial charge on any atom is 0.255 e. The van der Waals surface area contributed by atoms with Crippen molar-refractivity contribution in [3.63, 3.8) is 0 Å². The van der Waals surface area contributed by atoms with Gasteiger partial charge in [0.15, 0.2) is 5.76 Å². The third-order valence-corrected chi connectivity index (χ3v) is 3.29. The van der Waals surface area contributed by atoms with Crippen LogP contribution in [0.2, 0.25) is 0 Å². The molecule has 3 rings (SSSR count). The molecule has 4 nitrogen and oxygen atoms in total. The van der Waals surface area contributed by atoms with E-state index < -0.39 is 0 Å². The largest absolute Gasteiger partial charge is 0.453 e. The molecule has 0 amide bonds. The average Bonchev–Trinajstić information content (AvgIpc) is 3.04. The van der Waals surface area contributed by atoms with E-state index in [1.165, 1.54) is 18.0 Å². The van der Waals surface area contributed by atoms with E-state index in [-0.39, 0.29) is 11.5 Å². The normalized spacial score (nSPS) is 10.9. The number of rotatable bonds is 4. The number of furan rings is 1. The zero-order valence-electron chi connectivity index (χ0n) is 9.33. The second-order valence-corrected chi connectivity index (χ2v) is 4.58. The molecule has 2 heterocycles.